The minimum atomic E-state index is -3.84. The highest BCUT2D eigenvalue weighted by Gasteiger charge is 2.34. The summed E-state index contributed by atoms with van der Waals surface area (Å²) in [5.41, 5.74) is 1.80. The number of halogens is 2. The van der Waals surface area contributed by atoms with E-state index in [0.29, 0.717) is 18.8 Å². The van der Waals surface area contributed by atoms with Gasteiger partial charge in [0.15, 0.2) is 0 Å². The SMILES string of the molecule is CCCn1c(NC(=O)C2CCN(S(=O)(=O)c3c(Cl)cccc3Cl)CC2)nc2ccccc21. The van der Waals surface area contributed by atoms with Crippen LogP contribution in [0.2, 0.25) is 10.0 Å². The molecule has 0 unspecified atom stereocenters. The van der Waals surface area contributed by atoms with Gasteiger partial charge in [0.2, 0.25) is 21.9 Å². The van der Waals surface area contributed by atoms with Crippen molar-refractivity contribution in [2.75, 3.05) is 18.4 Å². The fourth-order valence-corrected chi connectivity index (χ4v) is 6.61. The fourth-order valence-electron chi connectivity index (χ4n) is 4.05. The Hall–Kier alpha value is -2.13. The maximum Gasteiger partial charge on any atom is 0.246 e. The smallest absolute Gasteiger partial charge is 0.246 e. The number of imidazole rings is 1. The molecular weight excluding hydrogens is 471 g/mol. The second kappa shape index (κ2) is 9.39. The number of para-hydroxylation sites is 2. The molecule has 170 valence electrons. The molecule has 0 saturated carbocycles. The van der Waals surface area contributed by atoms with E-state index in [0.717, 1.165) is 24.0 Å². The van der Waals surface area contributed by atoms with Crippen LogP contribution in [0.4, 0.5) is 5.95 Å². The van der Waals surface area contributed by atoms with Gasteiger partial charge in [0.1, 0.15) is 4.90 Å². The van der Waals surface area contributed by atoms with Gasteiger partial charge in [0.05, 0.1) is 21.1 Å². The van der Waals surface area contributed by atoms with E-state index in [4.69, 9.17) is 23.2 Å². The number of aryl methyl sites for hydroxylation is 1. The van der Waals surface area contributed by atoms with Crippen molar-refractivity contribution in [3.8, 4) is 0 Å². The Labute approximate surface area is 197 Å². The van der Waals surface area contributed by atoms with Gasteiger partial charge < -0.3 is 4.57 Å². The van der Waals surface area contributed by atoms with E-state index in [1.54, 1.807) is 6.07 Å². The first-order chi connectivity index (χ1) is 15.3. The predicted molar refractivity (Wildman–Crippen MR) is 127 cm³/mol. The first-order valence-corrected chi connectivity index (χ1v) is 12.7. The van der Waals surface area contributed by atoms with Crippen LogP contribution >= 0.6 is 23.2 Å². The Morgan fingerprint density at radius 2 is 1.75 bits per heavy atom. The second-order valence-corrected chi connectivity index (χ2v) is 10.5. The monoisotopic (exact) mass is 494 g/mol. The molecule has 10 heteroatoms. The minimum Gasteiger partial charge on any atom is -0.310 e. The van der Waals surface area contributed by atoms with E-state index >= 15 is 0 Å². The number of amides is 1. The van der Waals surface area contributed by atoms with Crippen LogP contribution in [-0.4, -0.2) is 41.3 Å². The van der Waals surface area contributed by atoms with Crippen LogP contribution in [0.25, 0.3) is 11.0 Å². The van der Waals surface area contributed by atoms with Crippen molar-refractivity contribution in [2.45, 2.75) is 37.6 Å². The second-order valence-electron chi connectivity index (χ2n) is 7.79. The van der Waals surface area contributed by atoms with Gasteiger partial charge in [0, 0.05) is 25.6 Å². The molecule has 1 amide bonds. The molecule has 1 aromatic heterocycles. The van der Waals surface area contributed by atoms with Crippen LogP contribution in [0.5, 0.6) is 0 Å². The van der Waals surface area contributed by atoms with Gasteiger partial charge in [-0.25, -0.2) is 13.4 Å². The Morgan fingerprint density at radius 3 is 2.41 bits per heavy atom. The highest BCUT2D eigenvalue weighted by molar-refractivity contribution is 7.89. The van der Waals surface area contributed by atoms with Crippen LogP contribution in [0, 0.1) is 5.92 Å². The fraction of sp³-hybridized carbons (Fsp3) is 0.364. The first-order valence-electron chi connectivity index (χ1n) is 10.5. The third-order valence-electron chi connectivity index (χ3n) is 5.68. The van der Waals surface area contributed by atoms with Gasteiger partial charge in [-0.3, -0.25) is 10.1 Å². The topological polar surface area (TPSA) is 84.3 Å². The maximum atomic E-state index is 13.1. The van der Waals surface area contributed by atoms with Crippen molar-refractivity contribution in [1.82, 2.24) is 13.9 Å². The number of hydrogen-bond acceptors (Lipinski definition) is 4. The van der Waals surface area contributed by atoms with Crippen molar-refractivity contribution in [1.29, 1.82) is 0 Å². The Morgan fingerprint density at radius 1 is 1.09 bits per heavy atom. The van der Waals surface area contributed by atoms with Crippen molar-refractivity contribution in [3.05, 3.63) is 52.5 Å². The highest BCUT2D eigenvalue weighted by Crippen LogP contribution is 2.33. The lowest BCUT2D eigenvalue weighted by Gasteiger charge is -2.31. The minimum absolute atomic E-state index is 0.0838. The number of rotatable bonds is 6. The van der Waals surface area contributed by atoms with E-state index in [1.807, 2.05) is 28.8 Å². The number of anilines is 1. The van der Waals surface area contributed by atoms with E-state index in [1.165, 1.54) is 16.4 Å². The molecule has 2 aromatic carbocycles. The van der Waals surface area contributed by atoms with Crippen LogP contribution in [0.1, 0.15) is 26.2 Å². The van der Waals surface area contributed by atoms with Crippen LogP contribution in [0.15, 0.2) is 47.4 Å². The average Bonchev–Trinajstić information content (AvgIpc) is 3.11. The number of aromatic nitrogens is 2. The molecule has 0 aliphatic carbocycles. The molecule has 0 radical (unpaired) electrons. The lowest BCUT2D eigenvalue weighted by Crippen LogP contribution is -2.41. The molecule has 32 heavy (non-hydrogen) atoms. The third kappa shape index (κ3) is 4.37. The van der Waals surface area contributed by atoms with Crippen LogP contribution in [0.3, 0.4) is 0 Å². The zero-order chi connectivity index (χ0) is 22.9. The number of nitrogens with one attached hydrogen (secondary N) is 1. The van der Waals surface area contributed by atoms with Gasteiger partial charge in [-0.15, -0.1) is 0 Å². The van der Waals surface area contributed by atoms with Crippen LogP contribution in [-0.2, 0) is 21.4 Å². The van der Waals surface area contributed by atoms with Gasteiger partial charge in [0.25, 0.3) is 0 Å². The van der Waals surface area contributed by atoms with Crippen molar-refractivity contribution < 1.29 is 13.2 Å². The molecule has 3 aromatic rings. The molecule has 4 rings (SSSR count). The number of benzene rings is 2. The van der Waals surface area contributed by atoms with Gasteiger partial charge in [-0.05, 0) is 43.5 Å². The van der Waals surface area contributed by atoms with Gasteiger partial charge in [-0.2, -0.15) is 4.31 Å². The maximum absolute atomic E-state index is 13.1. The van der Waals surface area contributed by atoms with E-state index in [9.17, 15) is 13.2 Å². The standard InChI is InChI=1S/C22H24Cl2N4O3S/c1-2-12-28-19-9-4-3-8-18(19)25-22(28)26-21(29)15-10-13-27(14-11-15)32(30,31)20-16(23)6-5-7-17(20)24/h3-9,15H,2,10-14H2,1H3,(H,25,26,29). The number of sulfonamides is 1. The zero-order valence-electron chi connectivity index (χ0n) is 17.6. The quantitative estimate of drug-likeness (QED) is 0.533. The zero-order valence-corrected chi connectivity index (χ0v) is 19.9. The number of piperidine rings is 1. The Kier molecular flexibility index (Phi) is 6.76. The summed E-state index contributed by atoms with van der Waals surface area (Å²) < 4.78 is 29.5. The van der Waals surface area contributed by atoms with Crippen molar-refractivity contribution in [2.24, 2.45) is 5.92 Å². The number of fused-ring (bicyclic) bond motifs is 1. The highest BCUT2D eigenvalue weighted by atomic mass is 35.5. The summed E-state index contributed by atoms with van der Waals surface area (Å²) in [6.07, 6.45) is 1.71. The van der Waals surface area contributed by atoms with E-state index in [-0.39, 0.29) is 39.9 Å². The molecule has 0 bridgehead atoms. The Balaban J connectivity index is 1.47. The van der Waals surface area contributed by atoms with Crippen molar-refractivity contribution >= 4 is 56.1 Å². The molecule has 0 atom stereocenters. The normalized spacial score (nSPS) is 15.8. The summed E-state index contributed by atoms with van der Waals surface area (Å²) in [7, 11) is -3.84. The number of carbonyl (C=O) groups excluding carboxylic acids is 1. The molecule has 1 fully saturated rings. The molecular formula is C22H24Cl2N4O3S. The molecule has 1 aliphatic heterocycles. The summed E-state index contributed by atoms with van der Waals surface area (Å²) in [6, 6.07) is 12.4. The van der Waals surface area contributed by atoms with Gasteiger partial charge in [-0.1, -0.05) is 48.3 Å². The number of nitrogens with zero attached hydrogens (tertiary/aromatic N) is 3. The number of hydrogen-bond donors (Lipinski definition) is 1. The summed E-state index contributed by atoms with van der Waals surface area (Å²) in [5, 5.41) is 3.14. The lowest BCUT2D eigenvalue weighted by molar-refractivity contribution is -0.121. The molecule has 2 heterocycles. The van der Waals surface area contributed by atoms with Gasteiger partial charge >= 0.3 is 0 Å². The average molecular weight is 495 g/mol. The summed E-state index contributed by atoms with van der Waals surface area (Å²) >= 11 is 12.2. The molecule has 0 spiro atoms. The molecule has 7 nitrogen and oxygen atoms in total. The van der Waals surface area contributed by atoms with Crippen LogP contribution < -0.4 is 5.32 Å². The predicted octanol–water partition coefficient (Wildman–Crippen LogP) is 4.79. The first kappa shape index (κ1) is 23.0. The Bertz CT molecular complexity index is 1230. The molecule has 1 aliphatic rings. The van der Waals surface area contributed by atoms with Crippen molar-refractivity contribution in [3.63, 3.8) is 0 Å². The summed E-state index contributed by atoms with van der Waals surface area (Å²) in [4.78, 5) is 17.5. The third-order valence-corrected chi connectivity index (χ3v) is 8.53. The largest absolute Gasteiger partial charge is 0.310 e. The summed E-state index contributed by atoms with van der Waals surface area (Å²) in [5.74, 6) is 0.0690. The molecule has 1 N–H and O–H groups in total. The van der Waals surface area contributed by atoms with E-state index in [2.05, 4.69) is 17.2 Å². The van der Waals surface area contributed by atoms with E-state index < -0.39 is 10.0 Å². The lowest BCUT2D eigenvalue weighted by atomic mass is 9.97. The summed E-state index contributed by atoms with van der Waals surface area (Å²) in [6.45, 7) is 3.24. The molecule has 1 saturated heterocycles. The number of carbonyl (C=O) groups is 1.